The van der Waals surface area contributed by atoms with E-state index in [1.165, 1.54) is 0 Å². The standard InChI is InChI=1S/C14H16O5/c15-13-10-4-1-2-5-11(10)14(16,19-13)7-3-6-12-17-8-9-18-12/h1-2,4-5,12,16H,3,6-9H2. The summed E-state index contributed by atoms with van der Waals surface area (Å²) in [6.07, 6.45) is 1.49. The van der Waals surface area contributed by atoms with Crippen LogP contribution in [-0.4, -0.2) is 30.6 Å². The third kappa shape index (κ3) is 2.36. The Morgan fingerprint density at radius 2 is 2.00 bits per heavy atom. The van der Waals surface area contributed by atoms with E-state index >= 15 is 0 Å². The normalized spacial score (nSPS) is 26.5. The van der Waals surface area contributed by atoms with Gasteiger partial charge in [-0.2, -0.15) is 0 Å². The highest BCUT2D eigenvalue weighted by Crippen LogP contribution is 2.38. The van der Waals surface area contributed by atoms with Gasteiger partial charge in [-0.1, -0.05) is 18.2 Å². The lowest BCUT2D eigenvalue weighted by Crippen LogP contribution is -2.26. The maximum atomic E-state index is 11.7. The van der Waals surface area contributed by atoms with Crippen molar-refractivity contribution in [2.45, 2.75) is 31.3 Å². The molecule has 0 amide bonds. The molecule has 0 radical (unpaired) electrons. The summed E-state index contributed by atoms with van der Waals surface area (Å²) < 4.78 is 15.8. The highest BCUT2D eigenvalue weighted by Gasteiger charge is 2.43. The predicted molar refractivity (Wildman–Crippen MR) is 65.3 cm³/mol. The second-order valence-electron chi connectivity index (χ2n) is 4.78. The quantitative estimate of drug-likeness (QED) is 0.836. The van der Waals surface area contributed by atoms with Crippen molar-refractivity contribution in [1.29, 1.82) is 0 Å². The number of benzene rings is 1. The van der Waals surface area contributed by atoms with Crippen LogP contribution in [0.2, 0.25) is 0 Å². The summed E-state index contributed by atoms with van der Waals surface area (Å²) in [5.41, 5.74) is 0.992. The molecule has 0 spiro atoms. The van der Waals surface area contributed by atoms with Gasteiger partial charge in [0.2, 0.25) is 5.79 Å². The fourth-order valence-corrected chi connectivity index (χ4v) is 2.53. The highest BCUT2D eigenvalue weighted by molar-refractivity contribution is 5.94. The van der Waals surface area contributed by atoms with Crippen molar-refractivity contribution >= 4 is 5.97 Å². The summed E-state index contributed by atoms with van der Waals surface area (Å²) in [4.78, 5) is 11.7. The van der Waals surface area contributed by atoms with Crippen molar-refractivity contribution in [2.24, 2.45) is 0 Å². The minimum absolute atomic E-state index is 0.198. The van der Waals surface area contributed by atoms with Crippen molar-refractivity contribution in [1.82, 2.24) is 0 Å². The van der Waals surface area contributed by atoms with Crippen LogP contribution in [0.25, 0.3) is 0 Å². The molecule has 5 nitrogen and oxygen atoms in total. The molecule has 2 aliphatic rings. The predicted octanol–water partition coefficient (Wildman–Crippen LogP) is 1.55. The Morgan fingerprint density at radius 3 is 2.79 bits per heavy atom. The van der Waals surface area contributed by atoms with Gasteiger partial charge in [-0.05, 0) is 18.9 Å². The molecule has 2 aliphatic heterocycles. The average molecular weight is 264 g/mol. The van der Waals surface area contributed by atoms with Crippen LogP contribution >= 0.6 is 0 Å². The van der Waals surface area contributed by atoms with E-state index in [0.29, 0.717) is 43.6 Å². The lowest BCUT2D eigenvalue weighted by Gasteiger charge is -2.22. The third-order valence-corrected chi connectivity index (χ3v) is 3.48. The highest BCUT2D eigenvalue weighted by atomic mass is 16.7. The molecule has 19 heavy (non-hydrogen) atoms. The number of hydrogen-bond acceptors (Lipinski definition) is 5. The molecule has 1 aromatic carbocycles. The first-order valence-corrected chi connectivity index (χ1v) is 6.47. The van der Waals surface area contributed by atoms with Crippen LogP contribution < -0.4 is 0 Å². The monoisotopic (exact) mass is 264 g/mol. The molecular weight excluding hydrogens is 248 g/mol. The zero-order chi connectivity index (χ0) is 13.3. The molecule has 0 bridgehead atoms. The first-order valence-electron chi connectivity index (χ1n) is 6.47. The van der Waals surface area contributed by atoms with Crippen molar-refractivity contribution in [3.05, 3.63) is 35.4 Å². The lowest BCUT2D eigenvalue weighted by atomic mass is 9.98. The van der Waals surface area contributed by atoms with Gasteiger partial charge in [0.1, 0.15) is 0 Å². The Bertz CT molecular complexity index is 480. The molecule has 0 aliphatic carbocycles. The van der Waals surface area contributed by atoms with E-state index in [1.54, 1.807) is 24.3 Å². The van der Waals surface area contributed by atoms with Crippen molar-refractivity contribution in [3.63, 3.8) is 0 Å². The Morgan fingerprint density at radius 1 is 1.26 bits per heavy atom. The van der Waals surface area contributed by atoms with E-state index in [1.807, 2.05) is 0 Å². The minimum Gasteiger partial charge on any atom is -0.425 e. The van der Waals surface area contributed by atoms with Crippen LogP contribution in [0.4, 0.5) is 0 Å². The summed E-state index contributed by atoms with van der Waals surface area (Å²) in [5, 5.41) is 10.5. The molecule has 3 rings (SSSR count). The Hall–Kier alpha value is -1.43. The van der Waals surface area contributed by atoms with Crippen LogP contribution in [0.5, 0.6) is 0 Å². The Balaban J connectivity index is 1.65. The Labute approximate surface area is 111 Å². The molecule has 0 aromatic heterocycles. The SMILES string of the molecule is O=C1OC(O)(CCCC2OCCO2)c2ccccc21. The summed E-state index contributed by atoms with van der Waals surface area (Å²) in [5.74, 6) is -1.97. The molecule has 1 saturated heterocycles. The molecule has 102 valence electrons. The first-order chi connectivity index (χ1) is 9.19. The van der Waals surface area contributed by atoms with Crippen molar-refractivity contribution < 1.29 is 24.1 Å². The van der Waals surface area contributed by atoms with E-state index in [0.717, 1.165) is 0 Å². The van der Waals surface area contributed by atoms with E-state index in [4.69, 9.17) is 14.2 Å². The zero-order valence-corrected chi connectivity index (χ0v) is 10.5. The molecule has 1 unspecified atom stereocenters. The fraction of sp³-hybridized carbons (Fsp3) is 0.500. The topological polar surface area (TPSA) is 65.0 Å². The largest absolute Gasteiger partial charge is 0.425 e. The van der Waals surface area contributed by atoms with Gasteiger partial charge < -0.3 is 19.3 Å². The van der Waals surface area contributed by atoms with Crippen molar-refractivity contribution in [2.75, 3.05) is 13.2 Å². The molecular formula is C14H16O5. The van der Waals surface area contributed by atoms with E-state index in [9.17, 15) is 9.90 Å². The minimum atomic E-state index is -1.51. The summed E-state index contributed by atoms with van der Waals surface area (Å²) in [6, 6.07) is 6.93. The number of fused-ring (bicyclic) bond motifs is 1. The van der Waals surface area contributed by atoms with Gasteiger partial charge >= 0.3 is 5.97 Å². The fourth-order valence-electron chi connectivity index (χ4n) is 2.53. The molecule has 5 heteroatoms. The number of carbonyl (C=O) groups excluding carboxylic acids is 1. The summed E-state index contributed by atoms with van der Waals surface area (Å²) in [6.45, 7) is 1.24. The van der Waals surface area contributed by atoms with Crippen LogP contribution in [0, 0.1) is 0 Å². The van der Waals surface area contributed by atoms with E-state index in [2.05, 4.69) is 0 Å². The number of cyclic esters (lactones) is 1. The van der Waals surface area contributed by atoms with E-state index in [-0.39, 0.29) is 6.29 Å². The molecule has 1 fully saturated rings. The number of hydrogen-bond donors (Lipinski definition) is 1. The molecule has 0 saturated carbocycles. The van der Waals surface area contributed by atoms with Gasteiger partial charge in [0, 0.05) is 12.0 Å². The average Bonchev–Trinajstić information content (AvgIpc) is 2.99. The van der Waals surface area contributed by atoms with Gasteiger partial charge in [0.25, 0.3) is 0 Å². The van der Waals surface area contributed by atoms with Crippen molar-refractivity contribution in [3.8, 4) is 0 Å². The van der Waals surface area contributed by atoms with Gasteiger partial charge in [-0.3, -0.25) is 0 Å². The van der Waals surface area contributed by atoms with Gasteiger partial charge in [-0.15, -0.1) is 0 Å². The maximum absolute atomic E-state index is 11.7. The van der Waals surface area contributed by atoms with Crippen LogP contribution in [0.1, 0.15) is 35.2 Å². The smallest absolute Gasteiger partial charge is 0.341 e. The Kier molecular flexibility index (Phi) is 3.26. The molecule has 2 heterocycles. The second kappa shape index (κ2) is 4.92. The third-order valence-electron chi connectivity index (χ3n) is 3.48. The first kappa shape index (κ1) is 12.6. The number of esters is 1. The van der Waals surface area contributed by atoms with E-state index < -0.39 is 11.8 Å². The molecule has 1 N–H and O–H groups in total. The number of aliphatic hydroxyl groups is 1. The zero-order valence-electron chi connectivity index (χ0n) is 10.5. The molecule has 1 atom stereocenters. The van der Waals surface area contributed by atoms with Crippen LogP contribution in [0.15, 0.2) is 24.3 Å². The lowest BCUT2D eigenvalue weighted by molar-refractivity contribution is -0.170. The number of ether oxygens (including phenoxy) is 3. The summed E-state index contributed by atoms with van der Waals surface area (Å²) >= 11 is 0. The van der Waals surface area contributed by atoms with Gasteiger partial charge in [-0.25, -0.2) is 4.79 Å². The number of carbonyl (C=O) groups is 1. The second-order valence-corrected chi connectivity index (χ2v) is 4.78. The number of rotatable bonds is 4. The maximum Gasteiger partial charge on any atom is 0.341 e. The van der Waals surface area contributed by atoms with Gasteiger partial charge in [0.05, 0.1) is 18.8 Å². The van der Waals surface area contributed by atoms with Gasteiger partial charge in [0.15, 0.2) is 6.29 Å². The van der Waals surface area contributed by atoms with Crippen LogP contribution in [-0.2, 0) is 20.0 Å². The summed E-state index contributed by atoms with van der Waals surface area (Å²) in [7, 11) is 0. The molecule has 1 aromatic rings. The van der Waals surface area contributed by atoms with Crippen LogP contribution in [0.3, 0.4) is 0 Å².